The van der Waals surface area contributed by atoms with Crippen LogP contribution in [0.1, 0.15) is 37.8 Å². The highest BCUT2D eigenvalue weighted by molar-refractivity contribution is 6.30. The average Bonchev–Trinajstić information content (AvgIpc) is 2.26. The summed E-state index contributed by atoms with van der Waals surface area (Å²) in [5.41, 5.74) is 1.85. The molecule has 1 aromatic carbocycles. The second-order valence-corrected chi connectivity index (χ2v) is 6.35. The van der Waals surface area contributed by atoms with Gasteiger partial charge in [0.05, 0.1) is 13.0 Å². The van der Waals surface area contributed by atoms with Gasteiger partial charge in [-0.3, -0.25) is 4.79 Å². The van der Waals surface area contributed by atoms with Crippen LogP contribution in [0.25, 0.3) is 0 Å². The lowest BCUT2D eigenvalue weighted by Gasteiger charge is -2.27. The topological polar surface area (TPSA) is 46.5 Å². The molecule has 0 spiro atoms. The number of carboxylic acids is 1. The molecule has 3 nitrogen and oxygen atoms in total. The third kappa shape index (κ3) is 3.63. The molecule has 0 aromatic heterocycles. The van der Waals surface area contributed by atoms with E-state index in [1.54, 1.807) is 0 Å². The number of aliphatic carboxylic acids is 1. The van der Waals surface area contributed by atoms with Crippen molar-refractivity contribution < 1.29 is 14.6 Å². The van der Waals surface area contributed by atoms with Crippen molar-refractivity contribution in [2.45, 2.75) is 39.5 Å². The molecule has 0 bridgehead atoms. The van der Waals surface area contributed by atoms with Crippen LogP contribution in [0.2, 0.25) is 5.02 Å². The van der Waals surface area contributed by atoms with Crippen molar-refractivity contribution in [1.82, 2.24) is 0 Å². The van der Waals surface area contributed by atoms with Gasteiger partial charge < -0.3 is 9.84 Å². The Morgan fingerprint density at radius 3 is 2.89 bits per heavy atom. The number of hydrogen-bond donors (Lipinski definition) is 1. The Labute approximate surface area is 118 Å². The molecule has 0 amide bonds. The summed E-state index contributed by atoms with van der Waals surface area (Å²) in [6, 6.07) is 3.85. The van der Waals surface area contributed by atoms with Crippen LogP contribution < -0.4 is 4.74 Å². The molecule has 4 heteroatoms. The summed E-state index contributed by atoms with van der Waals surface area (Å²) in [6.45, 7) is 4.63. The summed E-state index contributed by atoms with van der Waals surface area (Å²) in [5.74, 6) is 0.135. The standard InChI is InChI=1S/C15H19ClO3/c1-15(2,9-13(17)18)8-11-7-12(16)6-10-4-3-5-19-14(10)11/h6-7H,3-5,8-9H2,1-2H3,(H,17,18). The zero-order chi connectivity index (χ0) is 14.0. The van der Waals surface area contributed by atoms with E-state index >= 15 is 0 Å². The van der Waals surface area contributed by atoms with Crippen molar-refractivity contribution >= 4 is 17.6 Å². The Balaban J connectivity index is 2.29. The Morgan fingerprint density at radius 1 is 1.47 bits per heavy atom. The van der Waals surface area contributed by atoms with Crippen molar-refractivity contribution in [2.24, 2.45) is 5.41 Å². The van der Waals surface area contributed by atoms with Crippen LogP contribution in [0.15, 0.2) is 12.1 Å². The van der Waals surface area contributed by atoms with E-state index in [0.717, 1.165) is 36.3 Å². The minimum atomic E-state index is -0.776. The number of carboxylic acid groups (broad SMARTS) is 1. The van der Waals surface area contributed by atoms with Crippen molar-refractivity contribution in [3.63, 3.8) is 0 Å². The molecule has 1 aliphatic rings. The van der Waals surface area contributed by atoms with Gasteiger partial charge in [0, 0.05) is 5.02 Å². The minimum absolute atomic E-state index is 0.133. The molecule has 0 saturated carbocycles. The van der Waals surface area contributed by atoms with E-state index in [2.05, 4.69) is 0 Å². The van der Waals surface area contributed by atoms with Crippen LogP contribution in [0.5, 0.6) is 5.75 Å². The van der Waals surface area contributed by atoms with Gasteiger partial charge in [0.25, 0.3) is 0 Å². The predicted molar refractivity (Wildman–Crippen MR) is 75.0 cm³/mol. The first kappa shape index (κ1) is 14.2. The molecule has 1 heterocycles. The fourth-order valence-electron chi connectivity index (χ4n) is 2.64. The number of hydrogen-bond acceptors (Lipinski definition) is 2. The van der Waals surface area contributed by atoms with Crippen LogP contribution in [-0.4, -0.2) is 17.7 Å². The van der Waals surface area contributed by atoms with Crippen molar-refractivity contribution in [3.05, 3.63) is 28.3 Å². The summed E-state index contributed by atoms with van der Waals surface area (Å²) in [6.07, 6.45) is 2.77. The Kier molecular flexibility index (Phi) is 4.04. The number of halogens is 1. The van der Waals surface area contributed by atoms with E-state index in [4.69, 9.17) is 21.4 Å². The van der Waals surface area contributed by atoms with E-state index in [9.17, 15) is 4.79 Å². The zero-order valence-corrected chi connectivity index (χ0v) is 12.1. The molecule has 1 N–H and O–H groups in total. The number of aryl methyl sites for hydroxylation is 1. The second-order valence-electron chi connectivity index (χ2n) is 5.92. The first-order valence-corrected chi connectivity index (χ1v) is 6.91. The van der Waals surface area contributed by atoms with Crippen LogP contribution in [-0.2, 0) is 17.6 Å². The predicted octanol–water partition coefficient (Wildman–Crippen LogP) is 3.71. The van der Waals surface area contributed by atoms with Gasteiger partial charge in [-0.05, 0) is 47.9 Å². The van der Waals surface area contributed by atoms with E-state index in [-0.39, 0.29) is 11.8 Å². The number of ether oxygens (including phenoxy) is 1. The molecule has 0 radical (unpaired) electrons. The molecule has 0 fully saturated rings. The van der Waals surface area contributed by atoms with Crippen LogP contribution in [0, 0.1) is 5.41 Å². The fourth-order valence-corrected chi connectivity index (χ4v) is 2.90. The summed E-state index contributed by atoms with van der Waals surface area (Å²) in [5, 5.41) is 9.66. The number of benzene rings is 1. The molecular weight excluding hydrogens is 264 g/mol. The van der Waals surface area contributed by atoms with Gasteiger partial charge in [-0.2, -0.15) is 0 Å². The van der Waals surface area contributed by atoms with Crippen LogP contribution in [0.3, 0.4) is 0 Å². The SMILES string of the molecule is CC(C)(CC(=O)O)Cc1cc(Cl)cc2c1OCCC2. The van der Waals surface area contributed by atoms with Crippen molar-refractivity contribution in [3.8, 4) is 5.75 Å². The van der Waals surface area contributed by atoms with E-state index in [1.807, 2.05) is 26.0 Å². The monoisotopic (exact) mass is 282 g/mol. The highest BCUT2D eigenvalue weighted by Crippen LogP contribution is 2.37. The maximum absolute atomic E-state index is 10.9. The fraction of sp³-hybridized carbons (Fsp3) is 0.533. The summed E-state index contributed by atoms with van der Waals surface area (Å²) < 4.78 is 5.75. The molecule has 0 unspecified atom stereocenters. The van der Waals surface area contributed by atoms with Gasteiger partial charge in [0.1, 0.15) is 5.75 Å². The molecule has 2 rings (SSSR count). The Bertz CT molecular complexity index is 494. The Hall–Kier alpha value is -1.22. The first-order valence-electron chi connectivity index (χ1n) is 6.53. The lowest BCUT2D eigenvalue weighted by molar-refractivity contribution is -0.139. The zero-order valence-electron chi connectivity index (χ0n) is 11.3. The van der Waals surface area contributed by atoms with Gasteiger partial charge >= 0.3 is 5.97 Å². The van der Waals surface area contributed by atoms with Crippen molar-refractivity contribution in [1.29, 1.82) is 0 Å². The molecule has 0 atom stereocenters. The molecule has 1 aromatic rings. The van der Waals surface area contributed by atoms with Crippen LogP contribution in [0.4, 0.5) is 0 Å². The molecule has 0 saturated heterocycles. The summed E-state index contributed by atoms with van der Waals surface area (Å²) >= 11 is 6.14. The van der Waals surface area contributed by atoms with Gasteiger partial charge in [0.2, 0.25) is 0 Å². The maximum Gasteiger partial charge on any atom is 0.303 e. The number of rotatable bonds is 4. The quantitative estimate of drug-likeness (QED) is 0.916. The van der Waals surface area contributed by atoms with E-state index < -0.39 is 5.97 Å². The normalized spacial score (nSPS) is 14.7. The van der Waals surface area contributed by atoms with E-state index in [1.165, 1.54) is 0 Å². The maximum atomic E-state index is 10.9. The summed E-state index contributed by atoms with van der Waals surface area (Å²) in [4.78, 5) is 10.9. The van der Waals surface area contributed by atoms with Gasteiger partial charge in [0.15, 0.2) is 0 Å². The Morgan fingerprint density at radius 2 is 2.21 bits per heavy atom. The lowest BCUT2D eigenvalue weighted by atomic mass is 9.81. The minimum Gasteiger partial charge on any atom is -0.493 e. The third-order valence-electron chi connectivity index (χ3n) is 3.34. The second kappa shape index (κ2) is 5.41. The largest absolute Gasteiger partial charge is 0.493 e. The molecule has 0 aliphatic carbocycles. The molecule has 19 heavy (non-hydrogen) atoms. The molecule has 1 aliphatic heterocycles. The van der Waals surface area contributed by atoms with Gasteiger partial charge in [-0.1, -0.05) is 25.4 Å². The molecular formula is C15H19ClO3. The lowest BCUT2D eigenvalue weighted by Crippen LogP contribution is -2.21. The van der Waals surface area contributed by atoms with Gasteiger partial charge in [-0.15, -0.1) is 0 Å². The van der Waals surface area contributed by atoms with E-state index in [0.29, 0.717) is 11.4 Å². The van der Waals surface area contributed by atoms with Gasteiger partial charge in [-0.25, -0.2) is 0 Å². The molecule has 104 valence electrons. The van der Waals surface area contributed by atoms with Crippen molar-refractivity contribution in [2.75, 3.05) is 6.61 Å². The van der Waals surface area contributed by atoms with Crippen LogP contribution >= 0.6 is 11.6 Å². The first-order chi connectivity index (χ1) is 8.87. The number of fused-ring (bicyclic) bond motifs is 1. The smallest absolute Gasteiger partial charge is 0.303 e. The third-order valence-corrected chi connectivity index (χ3v) is 3.56. The number of carbonyl (C=O) groups is 1. The summed E-state index contributed by atoms with van der Waals surface area (Å²) in [7, 11) is 0. The highest BCUT2D eigenvalue weighted by Gasteiger charge is 2.26. The average molecular weight is 283 g/mol. The highest BCUT2D eigenvalue weighted by atomic mass is 35.5.